The quantitative estimate of drug-likeness (QED) is 0.739. The molecule has 0 aliphatic rings. The maximum atomic E-state index is 12.2. The molecule has 0 saturated carbocycles. The molecule has 0 atom stereocenters. The smallest absolute Gasteiger partial charge is 0.255 e. The van der Waals surface area contributed by atoms with Crippen LogP contribution in [-0.4, -0.2) is 20.0 Å². The fourth-order valence-corrected chi connectivity index (χ4v) is 1.75. The zero-order valence-corrected chi connectivity index (χ0v) is 9.69. The van der Waals surface area contributed by atoms with Crippen LogP contribution in [0.25, 0.3) is 0 Å². The van der Waals surface area contributed by atoms with E-state index in [1.807, 2.05) is 0 Å². The fourth-order valence-electron chi connectivity index (χ4n) is 1.34. The highest BCUT2D eigenvalue weighted by Crippen LogP contribution is 2.25. The van der Waals surface area contributed by atoms with E-state index in [0.29, 0.717) is 10.7 Å². The average Bonchev–Trinajstić information content (AvgIpc) is 2.16. The van der Waals surface area contributed by atoms with Crippen molar-refractivity contribution in [3.63, 3.8) is 0 Å². The molecule has 1 nitrogen and oxygen atoms in total. The van der Waals surface area contributed by atoms with Crippen molar-refractivity contribution in [1.82, 2.24) is 0 Å². The highest BCUT2D eigenvalue weighted by molar-refractivity contribution is 6.30. The SMILES string of the molecule is CN(CC(F)F)c1ccc(Cl)cc1CCl. The van der Waals surface area contributed by atoms with Crippen LogP contribution in [-0.2, 0) is 5.88 Å². The molecule has 1 rings (SSSR count). The van der Waals surface area contributed by atoms with Crippen molar-refractivity contribution in [2.45, 2.75) is 12.3 Å². The molecule has 0 spiro atoms. The lowest BCUT2D eigenvalue weighted by molar-refractivity contribution is 0.156. The first-order valence-electron chi connectivity index (χ1n) is 4.38. The molecule has 0 unspecified atom stereocenters. The van der Waals surface area contributed by atoms with Crippen LogP contribution in [0.2, 0.25) is 5.02 Å². The summed E-state index contributed by atoms with van der Waals surface area (Å²) in [6.07, 6.45) is -2.37. The Labute approximate surface area is 97.6 Å². The summed E-state index contributed by atoms with van der Waals surface area (Å²) in [5.41, 5.74) is 1.45. The van der Waals surface area contributed by atoms with E-state index in [1.165, 1.54) is 4.90 Å². The number of hydrogen-bond acceptors (Lipinski definition) is 1. The van der Waals surface area contributed by atoms with E-state index in [9.17, 15) is 8.78 Å². The van der Waals surface area contributed by atoms with Crippen molar-refractivity contribution in [2.24, 2.45) is 0 Å². The minimum Gasteiger partial charge on any atom is -0.369 e. The number of halogens is 4. The zero-order chi connectivity index (χ0) is 11.4. The fraction of sp³-hybridized carbons (Fsp3) is 0.400. The van der Waals surface area contributed by atoms with Crippen molar-refractivity contribution in [3.8, 4) is 0 Å². The first-order valence-corrected chi connectivity index (χ1v) is 5.29. The summed E-state index contributed by atoms with van der Waals surface area (Å²) < 4.78 is 24.4. The number of nitrogens with zero attached hydrogens (tertiary/aromatic N) is 1. The molecule has 0 amide bonds. The Hall–Kier alpha value is -0.540. The highest BCUT2D eigenvalue weighted by atomic mass is 35.5. The van der Waals surface area contributed by atoms with Gasteiger partial charge in [-0.3, -0.25) is 0 Å². The van der Waals surface area contributed by atoms with Crippen molar-refractivity contribution >= 4 is 28.9 Å². The van der Waals surface area contributed by atoms with Gasteiger partial charge in [-0.05, 0) is 23.8 Å². The standard InChI is InChI=1S/C10H11Cl2F2N/c1-15(6-10(13)14)9-3-2-8(12)4-7(9)5-11/h2-4,10H,5-6H2,1H3. The first kappa shape index (κ1) is 12.5. The number of alkyl halides is 3. The van der Waals surface area contributed by atoms with Gasteiger partial charge in [0.05, 0.1) is 6.54 Å². The molecule has 15 heavy (non-hydrogen) atoms. The number of rotatable bonds is 4. The van der Waals surface area contributed by atoms with Crippen LogP contribution in [0.15, 0.2) is 18.2 Å². The van der Waals surface area contributed by atoms with Gasteiger partial charge in [-0.2, -0.15) is 0 Å². The number of hydrogen-bond donors (Lipinski definition) is 0. The van der Waals surface area contributed by atoms with E-state index in [1.54, 1.807) is 25.2 Å². The van der Waals surface area contributed by atoms with Crippen LogP contribution in [0, 0.1) is 0 Å². The first-order chi connectivity index (χ1) is 7.04. The summed E-state index contributed by atoms with van der Waals surface area (Å²) in [6, 6.07) is 5.04. The van der Waals surface area contributed by atoms with E-state index >= 15 is 0 Å². The third-order valence-corrected chi connectivity index (χ3v) is 2.53. The normalized spacial score (nSPS) is 10.8. The van der Waals surface area contributed by atoms with Gasteiger partial charge in [0.1, 0.15) is 0 Å². The average molecular weight is 254 g/mol. The lowest BCUT2D eigenvalue weighted by atomic mass is 10.2. The second-order valence-corrected chi connectivity index (χ2v) is 3.88. The van der Waals surface area contributed by atoms with Gasteiger partial charge < -0.3 is 4.90 Å². The Bertz CT molecular complexity index is 331. The molecule has 0 N–H and O–H groups in total. The molecular weight excluding hydrogens is 243 g/mol. The minimum atomic E-state index is -2.37. The van der Waals surface area contributed by atoms with Crippen LogP contribution < -0.4 is 4.90 Å². The maximum absolute atomic E-state index is 12.2. The number of anilines is 1. The summed E-state index contributed by atoms with van der Waals surface area (Å²) in [5.74, 6) is 0.253. The molecule has 0 aliphatic carbocycles. The molecule has 0 saturated heterocycles. The number of benzene rings is 1. The van der Waals surface area contributed by atoms with E-state index < -0.39 is 6.43 Å². The molecule has 1 aromatic carbocycles. The third kappa shape index (κ3) is 3.50. The minimum absolute atomic E-state index is 0.253. The van der Waals surface area contributed by atoms with Gasteiger partial charge in [-0.1, -0.05) is 11.6 Å². The predicted octanol–water partition coefficient (Wildman–Crippen LogP) is 3.78. The molecule has 0 heterocycles. The Balaban J connectivity index is 2.92. The van der Waals surface area contributed by atoms with Gasteiger partial charge >= 0.3 is 0 Å². The topological polar surface area (TPSA) is 3.24 Å². The highest BCUT2D eigenvalue weighted by Gasteiger charge is 2.11. The molecule has 0 bridgehead atoms. The van der Waals surface area contributed by atoms with Crippen molar-refractivity contribution in [2.75, 3.05) is 18.5 Å². The van der Waals surface area contributed by atoms with Crippen LogP contribution in [0.4, 0.5) is 14.5 Å². The zero-order valence-electron chi connectivity index (χ0n) is 8.18. The van der Waals surface area contributed by atoms with Crippen molar-refractivity contribution < 1.29 is 8.78 Å². The van der Waals surface area contributed by atoms with Crippen LogP contribution in [0.1, 0.15) is 5.56 Å². The monoisotopic (exact) mass is 253 g/mol. The Kier molecular flexibility index (Phi) is 4.61. The van der Waals surface area contributed by atoms with Gasteiger partial charge in [0, 0.05) is 23.6 Å². The van der Waals surface area contributed by atoms with Gasteiger partial charge in [0.25, 0.3) is 6.43 Å². The van der Waals surface area contributed by atoms with E-state index in [-0.39, 0.29) is 12.4 Å². The van der Waals surface area contributed by atoms with E-state index in [4.69, 9.17) is 23.2 Å². The van der Waals surface area contributed by atoms with Crippen LogP contribution in [0.5, 0.6) is 0 Å². The molecule has 84 valence electrons. The Morgan fingerprint density at radius 3 is 2.60 bits per heavy atom. The van der Waals surface area contributed by atoms with E-state index in [2.05, 4.69) is 0 Å². The van der Waals surface area contributed by atoms with Gasteiger partial charge in [-0.25, -0.2) is 8.78 Å². The Morgan fingerprint density at radius 2 is 2.07 bits per heavy atom. The third-order valence-electron chi connectivity index (χ3n) is 2.01. The molecule has 0 aromatic heterocycles. The van der Waals surface area contributed by atoms with Crippen LogP contribution in [0.3, 0.4) is 0 Å². The molecular formula is C10H11Cl2F2N. The molecule has 0 radical (unpaired) electrons. The van der Waals surface area contributed by atoms with Crippen LogP contribution >= 0.6 is 23.2 Å². The van der Waals surface area contributed by atoms with Crippen molar-refractivity contribution in [1.29, 1.82) is 0 Å². The molecule has 5 heteroatoms. The van der Waals surface area contributed by atoms with Gasteiger partial charge in [-0.15, -0.1) is 11.6 Å². The summed E-state index contributed by atoms with van der Waals surface area (Å²) in [4.78, 5) is 1.47. The lowest BCUT2D eigenvalue weighted by Gasteiger charge is -2.21. The summed E-state index contributed by atoms with van der Waals surface area (Å²) in [6.45, 7) is -0.314. The second-order valence-electron chi connectivity index (χ2n) is 3.18. The second kappa shape index (κ2) is 5.52. The summed E-state index contributed by atoms with van der Waals surface area (Å²) >= 11 is 11.5. The van der Waals surface area contributed by atoms with E-state index in [0.717, 1.165) is 5.56 Å². The lowest BCUT2D eigenvalue weighted by Crippen LogP contribution is -2.24. The summed E-state index contributed by atoms with van der Waals surface area (Å²) in [7, 11) is 1.60. The van der Waals surface area contributed by atoms with Gasteiger partial charge in [0.15, 0.2) is 0 Å². The van der Waals surface area contributed by atoms with Crippen molar-refractivity contribution in [3.05, 3.63) is 28.8 Å². The molecule has 1 aromatic rings. The van der Waals surface area contributed by atoms with Gasteiger partial charge in [0.2, 0.25) is 0 Å². The largest absolute Gasteiger partial charge is 0.369 e. The maximum Gasteiger partial charge on any atom is 0.255 e. The predicted molar refractivity (Wildman–Crippen MR) is 60.3 cm³/mol. The summed E-state index contributed by atoms with van der Waals surface area (Å²) in [5, 5.41) is 0.555. The molecule has 0 aliphatic heterocycles. The Morgan fingerprint density at radius 1 is 1.40 bits per heavy atom. The molecule has 0 fully saturated rings.